The number of aromatic nitrogens is 2. The Balaban J connectivity index is 1.71. The Kier molecular flexibility index (Phi) is 6.83. The Morgan fingerprint density at radius 2 is 1.86 bits per heavy atom. The van der Waals surface area contributed by atoms with Crippen molar-refractivity contribution < 1.29 is 17.9 Å². The van der Waals surface area contributed by atoms with Crippen LogP contribution in [0, 0.1) is 5.82 Å². The van der Waals surface area contributed by atoms with E-state index in [0.717, 1.165) is 0 Å². The van der Waals surface area contributed by atoms with Gasteiger partial charge in [0.1, 0.15) is 16.6 Å². The van der Waals surface area contributed by atoms with Crippen molar-refractivity contribution in [2.24, 2.45) is 0 Å². The molecule has 0 aliphatic rings. The lowest BCUT2D eigenvalue weighted by Gasteiger charge is -2.13. The van der Waals surface area contributed by atoms with Crippen molar-refractivity contribution in [2.45, 2.75) is 13.2 Å². The molecular formula is C18H13Cl2F3N4OS. The molecule has 0 amide bonds. The van der Waals surface area contributed by atoms with Gasteiger partial charge in [0, 0.05) is 16.8 Å². The maximum absolute atomic E-state index is 14.0. The van der Waals surface area contributed by atoms with Gasteiger partial charge in [0.15, 0.2) is 10.9 Å². The fraction of sp³-hybridized carbons (Fsp3) is 0.111. The summed E-state index contributed by atoms with van der Waals surface area (Å²) in [4.78, 5) is 0. The molecule has 0 bridgehead atoms. The van der Waals surface area contributed by atoms with E-state index in [1.165, 1.54) is 35.1 Å². The van der Waals surface area contributed by atoms with Gasteiger partial charge in [0.25, 0.3) is 0 Å². The van der Waals surface area contributed by atoms with Crippen LogP contribution in [0.1, 0.15) is 5.56 Å². The zero-order valence-corrected chi connectivity index (χ0v) is 16.8. The summed E-state index contributed by atoms with van der Waals surface area (Å²) in [5.74, 6) is -0.340. The molecule has 2 aromatic carbocycles. The SMILES string of the molecule is Fc1cccc(Cl)c1Cn1cc(Cl)c(NC(=S)Nc2ccccc2OC(F)F)n1. The van der Waals surface area contributed by atoms with Crippen LogP contribution < -0.4 is 15.4 Å². The van der Waals surface area contributed by atoms with Crippen LogP contribution in [0.15, 0.2) is 48.7 Å². The van der Waals surface area contributed by atoms with E-state index in [2.05, 4.69) is 20.5 Å². The number of alkyl halides is 2. The lowest BCUT2D eigenvalue weighted by molar-refractivity contribution is -0.0493. The summed E-state index contributed by atoms with van der Waals surface area (Å²) in [5.41, 5.74) is 0.498. The number of benzene rings is 2. The lowest BCUT2D eigenvalue weighted by atomic mass is 10.2. The van der Waals surface area contributed by atoms with E-state index < -0.39 is 12.4 Å². The van der Waals surface area contributed by atoms with E-state index >= 15 is 0 Å². The number of para-hydroxylation sites is 2. The second-order valence-electron chi connectivity index (χ2n) is 5.68. The molecule has 29 heavy (non-hydrogen) atoms. The predicted molar refractivity (Wildman–Crippen MR) is 111 cm³/mol. The van der Waals surface area contributed by atoms with E-state index in [1.54, 1.807) is 18.2 Å². The van der Waals surface area contributed by atoms with Gasteiger partial charge in [0.05, 0.1) is 12.2 Å². The summed E-state index contributed by atoms with van der Waals surface area (Å²) in [6.07, 6.45) is 1.48. The molecule has 5 nitrogen and oxygen atoms in total. The van der Waals surface area contributed by atoms with Crippen molar-refractivity contribution in [3.8, 4) is 5.75 Å². The molecule has 0 spiro atoms. The summed E-state index contributed by atoms with van der Waals surface area (Å²) in [7, 11) is 0. The van der Waals surface area contributed by atoms with Gasteiger partial charge < -0.3 is 15.4 Å². The number of anilines is 2. The highest BCUT2D eigenvalue weighted by molar-refractivity contribution is 7.80. The van der Waals surface area contributed by atoms with Crippen molar-refractivity contribution in [2.75, 3.05) is 10.6 Å². The normalized spacial score (nSPS) is 10.8. The molecule has 3 aromatic rings. The van der Waals surface area contributed by atoms with Crippen LogP contribution in [0.25, 0.3) is 0 Å². The number of ether oxygens (including phenoxy) is 1. The quantitative estimate of drug-likeness (QED) is 0.456. The first-order chi connectivity index (χ1) is 13.8. The first-order valence-corrected chi connectivity index (χ1v) is 9.27. The Morgan fingerprint density at radius 3 is 2.59 bits per heavy atom. The molecule has 152 valence electrons. The van der Waals surface area contributed by atoms with Gasteiger partial charge in [-0.2, -0.15) is 13.9 Å². The van der Waals surface area contributed by atoms with Gasteiger partial charge >= 0.3 is 6.61 Å². The van der Waals surface area contributed by atoms with Crippen LogP contribution in [0.4, 0.5) is 24.7 Å². The third-order valence-electron chi connectivity index (χ3n) is 3.68. The molecule has 3 rings (SSSR count). The summed E-state index contributed by atoms with van der Waals surface area (Å²) in [6.45, 7) is -2.92. The Morgan fingerprint density at radius 1 is 1.10 bits per heavy atom. The highest BCUT2D eigenvalue weighted by atomic mass is 35.5. The van der Waals surface area contributed by atoms with Gasteiger partial charge in [-0.3, -0.25) is 4.68 Å². The minimum absolute atomic E-state index is 0.0476. The summed E-state index contributed by atoms with van der Waals surface area (Å²) in [5, 5.41) is 10.2. The first kappa shape index (κ1) is 21.2. The van der Waals surface area contributed by atoms with Crippen molar-refractivity contribution in [1.29, 1.82) is 0 Å². The van der Waals surface area contributed by atoms with Crippen molar-refractivity contribution >= 4 is 52.0 Å². The molecule has 0 aliphatic carbocycles. The zero-order valence-electron chi connectivity index (χ0n) is 14.5. The number of nitrogens with zero attached hydrogens (tertiary/aromatic N) is 2. The van der Waals surface area contributed by atoms with Crippen molar-refractivity contribution in [1.82, 2.24) is 9.78 Å². The smallest absolute Gasteiger partial charge is 0.387 e. The highest BCUT2D eigenvalue weighted by Gasteiger charge is 2.14. The maximum atomic E-state index is 14.0. The van der Waals surface area contributed by atoms with Gasteiger partial charge in [-0.15, -0.1) is 0 Å². The van der Waals surface area contributed by atoms with Crippen LogP contribution >= 0.6 is 35.4 Å². The first-order valence-electron chi connectivity index (χ1n) is 8.11. The van der Waals surface area contributed by atoms with Gasteiger partial charge in [-0.25, -0.2) is 4.39 Å². The lowest BCUT2D eigenvalue weighted by Crippen LogP contribution is -2.20. The third-order valence-corrected chi connectivity index (χ3v) is 4.52. The summed E-state index contributed by atoms with van der Waals surface area (Å²) >= 11 is 17.4. The second-order valence-corrected chi connectivity index (χ2v) is 6.90. The van der Waals surface area contributed by atoms with E-state index in [4.69, 9.17) is 35.4 Å². The van der Waals surface area contributed by atoms with Crippen molar-refractivity contribution in [3.05, 3.63) is 70.1 Å². The van der Waals surface area contributed by atoms with Crippen LogP contribution in [-0.4, -0.2) is 21.5 Å². The van der Waals surface area contributed by atoms with Crippen LogP contribution in [0.3, 0.4) is 0 Å². The molecule has 0 unspecified atom stereocenters. The summed E-state index contributed by atoms with van der Waals surface area (Å²) < 4.78 is 44.8. The average Bonchev–Trinajstić information content (AvgIpc) is 2.98. The topological polar surface area (TPSA) is 51.1 Å². The fourth-order valence-corrected chi connectivity index (χ4v) is 3.06. The second kappa shape index (κ2) is 9.34. The summed E-state index contributed by atoms with van der Waals surface area (Å²) in [6, 6.07) is 10.4. The number of halogens is 5. The molecule has 2 N–H and O–H groups in total. The maximum Gasteiger partial charge on any atom is 0.387 e. The molecule has 0 fully saturated rings. The molecule has 0 saturated carbocycles. The van der Waals surface area contributed by atoms with Crippen LogP contribution in [-0.2, 0) is 6.54 Å². The van der Waals surface area contributed by atoms with E-state index in [0.29, 0.717) is 0 Å². The molecule has 11 heteroatoms. The van der Waals surface area contributed by atoms with Gasteiger partial charge in [0.2, 0.25) is 0 Å². The minimum atomic E-state index is -2.98. The van der Waals surface area contributed by atoms with Crippen LogP contribution in [0.2, 0.25) is 10.0 Å². The minimum Gasteiger partial charge on any atom is -0.433 e. The number of thiocarbonyl (C=S) groups is 1. The molecule has 0 aliphatic heterocycles. The molecule has 0 saturated heterocycles. The molecule has 0 atom stereocenters. The Bertz CT molecular complexity index is 1010. The highest BCUT2D eigenvalue weighted by Crippen LogP contribution is 2.27. The van der Waals surface area contributed by atoms with E-state index in [9.17, 15) is 13.2 Å². The zero-order chi connectivity index (χ0) is 21.0. The Labute approximate surface area is 179 Å². The average molecular weight is 461 g/mol. The molecular weight excluding hydrogens is 448 g/mol. The Hall–Kier alpha value is -2.49. The monoisotopic (exact) mass is 460 g/mol. The largest absolute Gasteiger partial charge is 0.433 e. The molecule has 0 radical (unpaired) electrons. The number of hydrogen-bond donors (Lipinski definition) is 2. The standard InChI is InChI=1S/C18H13Cl2F3N4OS/c19-11-4-3-5-13(21)10(11)8-27-9-12(20)16(26-27)25-18(29)24-14-6-1-2-7-15(14)28-17(22)23/h1-7,9,17H,8H2,(H2,24,25,26,29). The van der Waals surface area contributed by atoms with Gasteiger partial charge in [-0.1, -0.05) is 41.4 Å². The molecule has 1 heterocycles. The van der Waals surface area contributed by atoms with E-state index in [-0.39, 0.29) is 44.5 Å². The third kappa shape index (κ3) is 5.53. The molecule has 1 aromatic heterocycles. The van der Waals surface area contributed by atoms with E-state index in [1.807, 2.05) is 0 Å². The van der Waals surface area contributed by atoms with Gasteiger partial charge in [-0.05, 0) is 36.5 Å². The van der Waals surface area contributed by atoms with Crippen LogP contribution in [0.5, 0.6) is 5.75 Å². The predicted octanol–water partition coefficient (Wildman–Crippen LogP) is 5.79. The number of nitrogens with one attached hydrogen (secondary N) is 2. The van der Waals surface area contributed by atoms with Crippen molar-refractivity contribution in [3.63, 3.8) is 0 Å². The fourth-order valence-electron chi connectivity index (χ4n) is 2.44. The number of hydrogen-bond acceptors (Lipinski definition) is 3. The number of rotatable bonds is 6.